The molecule has 1 aliphatic rings. The molecule has 1 atom stereocenters. The number of rotatable bonds is 4. The van der Waals surface area contributed by atoms with Crippen molar-refractivity contribution < 1.29 is 37.3 Å². The van der Waals surface area contributed by atoms with Crippen LogP contribution in [0.25, 0.3) is 6.08 Å². The number of aryl methyl sites for hydroxylation is 1. The largest absolute Gasteiger partial charge is 0.478 e. The number of hydrogen-bond acceptors (Lipinski definition) is 4. The maximum Gasteiger partial charge on any atom is 0.430 e. The van der Waals surface area contributed by atoms with Crippen LogP contribution in [-0.4, -0.2) is 29.6 Å². The van der Waals surface area contributed by atoms with Gasteiger partial charge in [0.05, 0.1) is 10.6 Å². The minimum absolute atomic E-state index is 0.0236. The lowest BCUT2D eigenvalue weighted by atomic mass is 10.0. The van der Waals surface area contributed by atoms with E-state index >= 15 is 0 Å². The number of carboxylic acids is 1. The van der Waals surface area contributed by atoms with Crippen molar-refractivity contribution in [3.63, 3.8) is 0 Å². The van der Waals surface area contributed by atoms with E-state index in [1.807, 2.05) is 0 Å². The second kappa shape index (κ2) is 7.20. The third-order valence-electron chi connectivity index (χ3n) is 4.00. The van der Waals surface area contributed by atoms with E-state index in [9.17, 15) is 22.8 Å². The molecule has 0 saturated carbocycles. The maximum absolute atomic E-state index is 13.2. The van der Waals surface area contributed by atoms with Gasteiger partial charge < -0.3 is 14.6 Å². The van der Waals surface area contributed by atoms with Crippen LogP contribution in [0.15, 0.2) is 35.9 Å². The number of carbonyl (C=O) groups excluding carboxylic acids is 1. The quantitative estimate of drug-likeness (QED) is 0.712. The molecule has 0 aromatic heterocycles. The van der Waals surface area contributed by atoms with Gasteiger partial charge in [0, 0.05) is 17.2 Å². The Morgan fingerprint density at radius 2 is 1.96 bits per heavy atom. The summed E-state index contributed by atoms with van der Waals surface area (Å²) in [6.45, 7) is 1.69. The SMILES string of the molecule is Cc1cc(C=O)ccc1Oc1cc2c(cc1Cl)C=C(C(=O)O)C(C(F)(F)F)O2. The van der Waals surface area contributed by atoms with E-state index in [2.05, 4.69) is 0 Å². The van der Waals surface area contributed by atoms with E-state index in [0.717, 1.165) is 6.08 Å². The molecule has 0 bridgehead atoms. The highest BCUT2D eigenvalue weighted by Gasteiger charge is 2.48. The second-order valence-electron chi connectivity index (χ2n) is 6.01. The second-order valence-corrected chi connectivity index (χ2v) is 6.42. The van der Waals surface area contributed by atoms with Crippen molar-refractivity contribution in [2.75, 3.05) is 0 Å². The van der Waals surface area contributed by atoms with Crippen LogP contribution in [0.3, 0.4) is 0 Å². The van der Waals surface area contributed by atoms with Gasteiger partial charge in [0.1, 0.15) is 23.5 Å². The molecule has 146 valence electrons. The van der Waals surface area contributed by atoms with Gasteiger partial charge in [0.25, 0.3) is 0 Å². The molecule has 5 nitrogen and oxygen atoms in total. The van der Waals surface area contributed by atoms with E-state index in [-0.39, 0.29) is 22.1 Å². The number of benzene rings is 2. The Morgan fingerprint density at radius 3 is 2.54 bits per heavy atom. The van der Waals surface area contributed by atoms with Gasteiger partial charge in [0.2, 0.25) is 6.10 Å². The number of halogens is 4. The number of carbonyl (C=O) groups is 2. The summed E-state index contributed by atoms with van der Waals surface area (Å²) in [6.07, 6.45) is -5.98. The van der Waals surface area contributed by atoms with Crippen LogP contribution in [0.5, 0.6) is 17.2 Å². The molecule has 28 heavy (non-hydrogen) atoms. The highest BCUT2D eigenvalue weighted by atomic mass is 35.5. The van der Waals surface area contributed by atoms with Gasteiger partial charge in [-0.15, -0.1) is 0 Å². The molecule has 0 spiro atoms. The number of hydrogen-bond donors (Lipinski definition) is 1. The Balaban J connectivity index is 2.01. The molecule has 1 heterocycles. The van der Waals surface area contributed by atoms with Crippen LogP contribution in [0, 0.1) is 6.92 Å². The average molecular weight is 413 g/mol. The lowest BCUT2D eigenvalue weighted by Crippen LogP contribution is -2.40. The zero-order valence-corrected chi connectivity index (χ0v) is 15.0. The first kappa shape index (κ1) is 19.8. The van der Waals surface area contributed by atoms with E-state index < -0.39 is 23.8 Å². The molecule has 0 fully saturated rings. The third kappa shape index (κ3) is 3.82. The normalized spacial score (nSPS) is 15.9. The Hall–Kier alpha value is -3.00. The molecule has 0 amide bonds. The van der Waals surface area contributed by atoms with Gasteiger partial charge in [-0.2, -0.15) is 13.2 Å². The molecule has 0 saturated heterocycles. The fourth-order valence-corrected chi connectivity index (χ4v) is 2.88. The summed E-state index contributed by atoms with van der Waals surface area (Å²) in [5.41, 5.74) is 0.193. The first-order valence-electron chi connectivity index (χ1n) is 7.85. The molecule has 2 aromatic rings. The molecule has 1 N–H and O–H groups in total. The predicted octanol–water partition coefficient (Wildman–Crippen LogP) is 5.04. The Labute approximate surface area is 161 Å². The standard InChI is InChI=1S/C19H12ClF3O5/c1-9-4-10(8-24)2-3-14(9)27-16-7-15-11(6-13(16)20)5-12(18(25)26)17(28-15)19(21,22)23/h2-8,17H,1H3,(H,25,26). The predicted molar refractivity (Wildman–Crippen MR) is 94.2 cm³/mol. The first-order chi connectivity index (χ1) is 13.1. The molecular formula is C19H12ClF3O5. The van der Waals surface area contributed by atoms with E-state index in [1.54, 1.807) is 13.0 Å². The van der Waals surface area contributed by atoms with Crippen LogP contribution in [0.4, 0.5) is 13.2 Å². The maximum atomic E-state index is 13.2. The first-order valence-corrected chi connectivity index (χ1v) is 8.23. The van der Waals surface area contributed by atoms with Crippen molar-refractivity contribution in [3.05, 3.63) is 57.6 Å². The summed E-state index contributed by atoms with van der Waals surface area (Å²) < 4.78 is 50.1. The van der Waals surface area contributed by atoms with Crippen LogP contribution in [0.1, 0.15) is 21.5 Å². The van der Waals surface area contributed by atoms with E-state index in [1.165, 1.54) is 24.3 Å². The zero-order valence-electron chi connectivity index (χ0n) is 14.2. The van der Waals surface area contributed by atoms with Gasteiger partial charge in [-0.1, -0.05) is 11.6 Å². The van der Waals surface area contributed by atoms with Crippen molar-refractivity contribution in [2.24, 2.45) is 0 Å². The van der Waals surface area contributed by atoms with Crippen molar-refractivity contribution in [3.8, 4) is 17.2 Å². The Bertz CT molecular complexity index is 998. The summed E-state index contributed by atoms with van der Waals surface area (Å²) in [6, 6.07) is 7.04. The Morgan fingerprint density at radius 1 is 1.25 bits per heavy atom. The number of aliphatic carboxylic acids is 1. The summed E-state index contributed by atoms with van der Waals surface area (Å²) in [5, 5.41) is 9.11. The molecule has 1 unspecified atom stereocenters. The minimum atomic E-state index is -4.91. The highest BCUT2D eigenvalue weighted by Crippen LogP contribution is 2.42. The van der Waals surface area contributed by atoms with Crippen LogP contribution in [-0.2, 0) is 4.79 Å². The molecule has 1 aliphatic heterocycles. The van der Waals surface area contributed by atoms with Crippen molar-refractivity contribution in [2.45, 2.75) is 19.2 Å². The van der Waals surface area contributed by atoms with E-state index in [4.69, 9.17) is 26.2 Å². The number of alkyl halides is 3. The summed E-state index contributed by atoms with van der Waals surface area (Å²) >= 11 is 6.14. The van der Waals surface area contributed by atoms with Crippen LogP contribution in [0.2, 0.25) is 5.02 Å². The third-order valence-corrected chi connectivity index (χ3v) is 4.30. The van der Waals surface area contributed by atoms with Gasteiger partial charge >= 0.3 is 12.1 Å². The molecule has 3 rings (SSSR count). The smallest absolute Gasteiger partial charge is 0.430 e. The van der Waals surface area contributed by atoms with Gasteiger partial charge in [-0.25, -0.2) is 4.79 Å². The van der Waals surface area contributed by atoms with Gasteiger partial charge in [-0.3, -0.25) is 4.79 Å². The molecular weight excluding hydrogens is 401 g/mol. The number of fused-ring (bicyclic) bond motifs is 1. The minimum Gasteiger partial charge on any atom is -0.478 e. The molecule has 2 aromatic carbocycles. The Kier molecular flexibility index (Phi) is 5.08. The number of ether oxygens (including phenoxy) is 2. The summed E-state index contributed by atoms with van der Waals surface area (Å²) in [5.74, 6) is -1.59. The van der Waals surface area contributed by atoms with Gasteiger partial charge in [-0.05, 0) is 42.8 Å². The van der Waals surface area contributed by atoms with Crippen LogP contribution >= 0.6 is 11.6 Å². The topological polar surface area (TPSA) is 72.8 Å². The van der Waals surface area contributed by atoms with Crippen molar-refractivity contribution in [1.82, 2.24) is 0 Å². The highest BCUT2D eigenvalue weighted by molar-refractivity contribution is 6.32. The fraction of sp³-hybridized carbons (Fsp3) is 0.158. The molecule has 0 aliphatic carbocycles. The summed E-state index contributed by atoms with van der Waals surface area (Å²) in [4.78, 5) is 22.0. The lowest BCUT2D eigenvalue weighted by Gasteiger charge is -2.27. The number of aldehydes is 1. The van der Waals surface area contributed by atoms with E-state index in [0.29, 0.717) is 23.2 Å². The monoisotopic (exact) mass is 412 g/mol. The van der Waals surface area contributed by atoms with Gasteiger partial charge in [0.15, 0.2) is 0 Å². The van der Waals surface area contributed by atoms with Crippen molar-refractivity contribution >= 4 is 29.9 Å². The lowest BCUT2D eigenvalue weighted by molar-refractivity contribution is -0.187. The zero-order chi connectivity index (χ0) is 20.6. The molecule has 9 heteroatoms. The number of carboxylic acid groups (broad SMARTS) is 1. The summed E-state index contributed by atoms with van der Waals surface area (Å²) in [7, 11) is 0. The average Bonchev–Trinajstić information content (AvgIpc) is 2.62. The fourth-order valence-electron chi connectivity index (χ4n) is 2.67. The van der Waals surface area contributed by atoms with Crippen molar-refractivity contribution in [1.29, 1.82) is 0 Å². The van der Waals surface area contributed by atoms with Crippen LogP contribution < -0.4 is 9.47 Å². The molecule has 0 radical (unpaired) electrons.